The van der Waals surface area contributed by atoms with E-state index in [0.29, 0.717) is 26.1 Å². The van der Waals surface area contributed by atoms with Crippen molar-refractivity contribution < 1.29 is 14.4 Å². The summed E-state index contributed by atoms with van der Waals surface area (Å²) in [6, 6.07) is -0.375. The molecule has 1 unspecified atom stereocenters. The number of likely N-dealkylation sites (N-methyl/N-ethyl adjacent to an activating group) is 1. The van der Waals surface area contributed by atoms with Crippen molar-refractivity contribution >= 4 is 17.6 Å². The third-order valence-electron chi connectivity index (χ3n) is 2.76. The molecule has 2 N–H and O–H groups in total. The number of nitrogens with zero attached hydrogens (tertiary/aromatic N) is 1. The number of Topliss-reactive ketones (excluding diaryl/α,β-unsaturated/α-hetero) is 1. The van der Waals surface area contributed by atoms with E-state index in [1.54, 1.807) is 7.05 Å². The number of amides is 2. The second kappa shape index (κ2) is 9.63. The highest BCUT2D eigenvalue weighted by Gasteiger charge is 2.36. The molecule has 1 saturated heterocycles. The van der Waals surface area contributed by atoms with Gasteiger partial charge < -0.3 is 10.6 Å². The molecular weight excluding hydrogens is 246 g/mol. The average Bonchev–Trinajstić information content (AvgIpc) is 2.67. The quantitative estimate of drug-likeness (QED) is 0.500. The second-order valence-electron chi connectivity index (χ2n) is 4.13. The van der Waals surface area contributed by atoms with Gasteiger partial charge in [0.1, 0.15) is 5.78 Å². The van der Waals surface area contributed by atoms with Crippen LogP contribution in [0.2, 0.25) is 0 Å². The first-order valence-electron chi connectivity index (χ1n) is 6.78. The summed E-state index contributed by atoms with van der Waals surface area (Å²) < 4.78 is 0. The Morgan fingerprint density at radius 2 is 1.95 bits per heavy atom. The molecule has 1 aliphatic rings. The Kier molecular flexibility index (Phi) is 8.99. The van der Waals surface area contributed by atoms with Crippen LogP contribution in [-0.2, 0) is 14.4 Å². The molecule has 0 spiro atoms. The number of hydrogen-bond acceptors (Lipinski definition) is 5. The Morgan fingerprint density at radius 1 is 1.32 bits per heavy atom. The lowest BCUT2D eigenvalue weighted by Crippen LogP contribution is -2.40. The summed E-state index contributed by atoms with van der Waals surface area (Å²) in [7, 11) is 1.67. The smallest absolute Gasteiger partial charge is 0.246 e. The molecule has 0 radical (unpaired) electrons. The maximum Gasteiger partial charge on any atom is 0.246 e. The molecule has 2 amide bonds. The summed E-state index contributed by atoms with van der Waals surface area (Å²) >= 11 is 0. The van der Waals surface area contributed by atoms with Crippen molar-refractivity contribution in [3.8, 4) is 0 Å². The molecular formula is C13H25N3O3. The molecule has 0 aromatic rings. The summed E-state index contributed by atoms with van der Waals surface area (Å²) in [6.45, 7) is 7.02. The molecule has 1 fully saturated rings. The predicted octanol–water partition coefficient (Wildman–Crippen LogP) is -0.0718. The van der Waals surface area contributed by atoms with Crippen LogP contribution in [0.25, 0.3) is 0 Å². The van der Waals surface area contributed by atoms with E-state index in [1.165, 1.54) is 11.8 Å². The molecule has 1 rings (SSSR count). The molecule has 0 aliphatic carbocycles. The number of likely N-dealkylation sites (tertiary alicyclic amines) is 1. The molecule has 1 atom stereocenters. The van der Waals surface area contributed by atoms with Gasteiger partial charge in [0.05, 0.1) is 12.5 Å². The molecule has 6 heteroatoms. The van der Waals surface area contributed by atoms with Gasteiger partial charge in [0.15, 0.2) is 0 Å². The molecule has 110 valence electrons. The van der Waals surface area contributed by atoms with Crippen LogP contribution in [0, 0.1) is 0 Å². The highest BCUT2D eigenvalue weighted by atomic mass is 16.2. The number of carbonyl (C=O) groups is 3. The zero-order chi connectivity index (χ0) is 14.8. The number of nitrogens with one attached hydrogen (secondary N) is 2. The monoisotopic (exact) mass is 271 g/mol. The largest absolute Gasteiger partial charge is 0.315 e. The standard InChI is InChI=1S/C11H19N3O3.C2H6/c1-8(15)3-4-13-5-6-14-10(16)7-9(12-2)11(14)17;1-2/h9,12-13H,3-7H2,1-2H3;1-2H3. The van der Waals surface area contributed by atoms with Crippen LogP contribution in [0.15, 0.2) is 0 Å². The maximum absolute atomic E-state index is 11.7. The van der Waals surface area contributed by atoms with Gasteiger partial charge in [0.25, 0.3) is 0 Å². The van der Waals surface area contributed by atoms with E-state index in [4.69, 9.17) is 0 Å². The summed E-state index contributed by atoms with van der Waals surface area (Å²) in [6.07, 6.45) is 0.712. The minimum atomic E-state index is -0.375. The van der Waals surface area contributed by atoms with E-state index in [2.05, 4.69) is 10.6 Å². The number of rotatable bonds is 7. The summed E-state index contributed by atoms with van der Waals surface area (Å²) in [5, 5.41) is 5.84. The fraction of sp³-hybridized carbons (Fsp3) is 0.769. The Morgan fingerprint density at radius 3 is 2.42 bits per heavy atom. The number of hydrogen-bond donors (Lipinski definition) is 2. The van der Waals surface area contributed by atoms with Crippen LogP contribution >= 0.6 is 0 Å². The van der Waals surface area contributed by atoms with E-state index >= 15 is 0 Å². The lowest BCUT2D eigenvalue weighted by atomic mass is 10.2. The summed E-state index contributed by atoms with van der Waals surface area (Å²) in [5.74, 6) is -0.172. The van der Waals surface area contributed by atoms with E-state index in [-0.39, 0.29) is 30.1 Å². The van der Waals surface area contributed by atoms with Crippen molar-refractivity contribution in [1.29, 1.82) is 0 Å². The van der Waals surface area contributed by atoms with Crippen LogP contribution in [-0.4, -0.2) is 55.2 Å². The molecule has 1 aliphatic heterocycles. The van der Waals surface area contributed by atoms with Crippen molar-refractivity contribution in [3.05, 3.63) is 0 Å². The van der Waals surface area contributed by atoms with Crippen LogP contribution in [0.5, 0.6) is 0 Å². The van der Waals surface area contributed by atoms with E-state index < -0.39 is 0 Å². The first-order chi connectivity index (χ1) is 9.06. The number of carbonyl (C=O) groups excluding carboxylic acids is 3. The third kappa shape index (κ3) is 5.94. The fourth-order valence-corrected chi connectivity index (χ4v) is 1.72. The predicted molar refractivity (Wildman–Crippen MR) is 73.7 cm³/mol. The van der Waals surface area contributed by atoms with Crippen molar-refractivity contribution in [2.24, 2.45) is 0 Å². The molecule has 1 heterocycles. The van der Waals surface area contributed by atoms with E-state index in [0.717, 1.165) is 0 Å². The van der Waals surface area contributed by atoms with Crippen LogP contribution < -0.4 is 10.6 Å². The van der Waals surface area contributed by atoms with Gasteiger partial charge in [0.2, 0.25) is 11.8 Å². The van der Waals surface area contributed by atoms with Crippen molar-refractivity contribution in [1.82, 2.24) is 15.5 Å². The zero-order valence-electron chi connectivity index (χ0n) is 12.3. The molecule has 0 aromatic heterocycles. The minimum absolute atomic E-state index is 0.126. The number of ketones is 1. The average molecular weight is 271 g/mol. The van der Waals surface area contributed by atoms with Crippen LogP contribution in [0.1, 0.15) is 33.6 Å². The minimum Gasteiger partial charge on any atom is -0.315 e. The first kappa shape index (κ1) is 17.7. The van der Waals surface area contributed by atoms with Gasteiger partial charge in [-0.3, -0.25) is 19.3 Å². The third-order valence-corrected chi connectivity index (χ3v) is 2.76. The highest BCUT2D eigenvalue weighted by molar-refractivity contribution is 6.05. The summed E-state index contributed by atoms with van der Waals surface area (Å²) in [4.78, 5) is 35.1. The van der Waals surface area contributed by atoms with Crippen LogP contribution in [0.4, 0.5) is 0 Å². The Bertz CT molecular complexity index is 318. The van der Waals surface area contributed by atoms with Gasteiger partial charge in [-0.1, -0.05) is 13.8 Å². The van der Waals surface area contributed by atoms with Gasteiger partial charge in [-0.05, 0) is 14.0 Å². The van der Waals surface area contributed by atoms with Gasteiger partial charge in [-0.2, -0.15) is 0 Å². The fourth-order valence-electron chi connectivity index (χ4n) is 1.72. The van der Waals surface area contributed by atoms with E-state index in [1.807, 2.05) is 13.8 Å². The van der Waals surface area contributed by atoms with Crippen molar-refractivity contribution in [2.75, 3.05) is 26.7 Å². The molecule has 0 aromatic carbocycles. The van der Waals surface area contributed by atoms with E-state index in [9.17, 15) is 14.4 Å². The van der Waals surface area contributed by atoms with Gasteiger partial charge in [-0.15, -0.1) is 0 Å². The second-order valence-corrected chi connectivity index (χ2v) is 4.13. The summed E-state index contributed by atoms with van der Waals surface area (Å²) in [5.41, 5.74) is 0. The van der Waals surface area contributed by atoms with Gasteiger partial charge in [0, 0.05) is 26.1 Å². The molecule has 0 saturated carbocycles. The topological polar surface area (TPSA) is 78.5 Å². The molecule has 0 bridgehead atoms. The molecule has 19 heavy (non-hydrogen) atoms. The lowest BCUT2D eigenvalue weighted by Gasteiger charge is -2.14. The SMILES string of the molecule is CC.CNC1CC(=O)N(CCNCCC(C)=O)C1=O. The Labute approximate surface area is 114 Å². The maximum atomic E-state index is 11.7. The Balaban J connectivity index is 0.00000154. The highest BCUT2D eigenvalue weighted by Crippen LogP contribution is 2.11. The zero-order valence-corrected chi connectivity index (χ0v) is 12.3. The van der Waals surface area contributed by atoms with Crippen LogP contribution in [0.3, 0.4) is 0 Å². The van der Waals surface area contributed by atoms with Crippen molar-refractivity contribution in [3.63, 3.8) is 0 Å². The normalized spacial score (nSPS) is 18.3. The van der Waals surface area contributed by atoms with Gasteiger partial charge in [-0.25, -0.2) is 0 Å². The Hall–Kier alpha value is -1.27. The first-order valence-corrected chi connectivity index (χ1v) is 6.78. The van der Waals surface area contributed by atoms with Crippen molar-refractivity contribution in [2.45, 2.75) is 39.7 Å². The van der Waals surface area contributed by atoms with Gasteiger partial charge >= 0.3 is 0 Å². The molecule has 6 nitrogen and oxygen atoms in total. The lowest BCUT2D eigenvalue weighted by molar-refractivity contribution is -0.138. The number of imide groups is 1.